The van der Waals surface area contributed by atoms with Gasteiger partial charge in [-0.1, -0.05) is 30.3 Å². The van der Waals surface area contributed by atoms with Crippen LogP contribution in [0.2, 0.25) is 0 Å². The number of carbonyl (C=O) groups excluding carboxylic acids is 1. The summed E-state index contributed by atoms with van der Waals surface area (Å²) in [5.41, 5.74) is 1.84. The van der Waals surface area contributed by atoms with Crippen LogP contribution in [0.15, 0.2) is 41.8 Å². The quantitative estimate of drug-likeness (QED) is 0.870. The van der Waals surface area contributed by atoms with Gasteiger partial charge < -0.3 is 10.4 Å². The average Bonchev–Trinajstić information content (AvgIpc) is 2.90. The highest BCUT2D eigenvalue weighted by molar-refractivity contribution is 7.12. The maximum absolute atomic E-state index is 11.7. The van der Waals surface area contributed by atoms with Crippen molar-refractivity contribution in [2.45, 2.75) is 13.2 Å². The van der Waals surface area contributed by atoms with Crippen molar-refractivity contribution in [1.29, 1.82) is 0 Å². The minimum absolute atomic E-state index is 0.0205. The van der Waals surface area contributed by atoms with Gasteiger partial charge in [0, 0.05) is 6.54 Å². The molecular weight excluding hydrogens is 234 g/mol. The van der Waals surface area contributed by atoms with E-state index in [9.17, 15) is 4.79 Å². The fourth-order valence-electron chi connectivity index (χ4n) is 1.52. The number of aliphatic hydroxyl groups is 1. The van der Waals surface area contributed by atoms with Gasteiger partial charge in [0.15, 0.2) is 0 Å². The molecule has 0 atom stereocenters. The first kappa shape index (κ1) is 11.8. The Hall–Kier alpha value is -1.65. The molecule has 0 fully saturated rings. The fourth-order valence-corrected chi connectivity index (χ4v) is 2.16. The molecule has 0 bridgehead atoms. The van der Waals surface area contributed by atoms with Crippen molar-refractivity contribution in [2.75, 3.05) is 0 Å². The van der Waals surface area contributed by atoms with E-state index in [1.807, 2.05) is 35.7 Å². The maximum atomic E-state index is 11.7. The first-order valence-corrected chi connectivity index (χ1v) is 6.18. The number of rotatable bonds is 4. The van der Waals surface area contributed by atoms with Crippen LogP contribution in [-0.2, 0) is 13.2 Å². The monoisotopic (exact) mass is 247 g/mol. The van der Waals surface area contributed by atoms with Crippen LogP contribution in [0.1, 0.15) is 20.8 Å². The predicted octanol–water partition coefficient (Wildman–Crippen LogP) is 2.17. The maximum Gasteiger partial charge on any atom is 0.261 e. The summed E-state index contributed by atoms with van der Waals surface area (Å²) in [6, 6.07) is 11.2. The molecule has 0 spiro atoms. The number of thiophene rings is 1. The van der Waals surface area contributed by atoms with Crippen LogP contribution in [0, 0.1) is 0 Å². The lowest BCUT2D eigenvalue weighted by molar-refractivity contribution is 0.0955. The average molecular weight is 247 g/mol. The summed E-state index contributed by atoms with van der Waals surface area (Å²) in [4.78, 5) is 12.4. The van der Waals surface area contributed by atoms with Gasteiger partial charge in [0.2, 0.25) is 0 Å². The van der Waals surface area contributed by atoms with Gasteiger partial charge in [-0.15, -0.1) is 11.3 Å². The minimum atomic E-state index is -0.0607. The van der Waals surface area contributed by atoms with Gasteiger partial charge in [-0.05, 0) is 22.6 Å². The third-order valence-electron chi connectivity index (χ3n) is 2.37. The molecule has 2 aromatic rings. The van der Waals surface area contributed by atoms with Gasteiger partial charge in [0.05, 0.1) is 11.5 Å². The summed E-state index contributed by atoms with van der Waals surface area (Å²) >= 11 is 1.42. The van der Waals surface area contributed by atoms with Crippen LogP contribution in [0.3, 0.4) is 0 Å². The van der Waals surface area contributed by atoms with Gasteiger partial charge in [0.25, 0.3) is 5.91 Å². The lowest BCUT2D eigenvalue weighted by Gasteiger charge is -2.05. The molecule has 0 saturated heterocycles. The topological polar surface area (TPSA) is 49.3 Å². The second-order valence-corrected chi connectivity index (χ2v) is 4.59. The molecule has 0 aliphatic carbocycles. The van der Waals surface area contributed by atoms with Gasteiger partial charge in [-0.3, -0.25) is 4.79 Å². The number of hydrogen-bond donors (Lipinski definition) is 2. The molecule has 1 amide bonds. The molecule has 1 aromatic carbocycles. The molecule has 0 unspecified atom stereocenters. The van der Waals surface area contributed by atoms with E-state index in [1.165, 1.54) is 11.3 Å². The third kappa shape index (κ3) is 3.15. The van der Waals surface area contributed by atoms with Gasteiger partial charge >= 0.3 is 0 Å². The van der Waals surface area contributed by atoms with Crippen molar-refractivity contribution in [3.8, 4) is 0 Å². The van der Waals surface area contributed by atoms with E-state index in [1.54, 1.807) is 6.07 Å². The summed E-state index contributed by atoms with van der Waals surface area (Å²) in [5.74, 6) is -0.0607. The van der Waals surface area contributed by atoms with Crippen molar-refractivity contribution in [3.63, 3.8) is 0 Å². The van der Waals surface area contributed by atoms with E-state index in [0.717, 1.165) is 11.1 Å². The number of amides is 1. The number of nitrogens with one attached hydrogen (secondary N) is 1. The summed E-state index contributed by atoms with van der Waals surface area (Å²) in [6.45, 7) is 0.497. The fraction of sp³-hybridized carbons (Fsp3) is 0.154. The number of benzene rings is 1. The van der Waals surface area contributed by atoms with E-state index in [4.69, 9.17) is 5.11 Å². The molecule has 17 heavy (non-hydrogen) atoms. The molecule has 0 aliphatic rings. The smallest absolute Gasteiger partial charge is 0.261 e. The number of carbonyl (C=O) groups is 1. The molecule has 3 nitrogen and oxygen atoms in total. The number of aliphatic hydroxyl groups excluding tert-OH is 1. The van der Waals surface area contributed by atoms with Crippen LogP contribution < -0.4 is 5.32 Å². The highest BCUT2D eigenvalue weighted by Crippen LogP contribution is 2.09. The van der Waals surface area contributed by atoms with Crippen molar-refractivity contribution >= 4 is 17.2 Å². The summed E-state index contributed by atoms with van der Waals surface area (Å²) in [5, 5.41) is 13.7. The second kappa shape index (κ2) is 5.61. The SMILES string of the molecule is O=C(NCc1cccc(CO)c1)c1cccs1. The predicted molar refractivity (Wildman–Crippen MR) is 67.9 cm³/mol. The molecule has 2 N–H and O–H groups in total. The van der Waals surface area contributed by atoms with E-state index in [-0.39, 0.29) is 12.5 Å². The Morgan fingerprint density at radius 3 is 2.76 bits per heavy atom. The van der Waals surface area contributed by atoms with Crippen LogP contribution in [0.5, 0.6) is 0 Å². The lowest BCUT2D eigenvalue weighted by Crippen LogP contribution is -2.21. The van der Waals surface area contributed by atoms with Crippen molar-refractivity contribution in [3.05, 3.63) is 57.8 Å². The van der Waals surface area contributed by atoms with Crippen molar-refractivity contribution in [2.24, 2.45) is 0 Å². The first-order chi connectivity index (χ1) is 8.29. The van der Waals surface area contributed by atoms with E-state index in [0.29, 0.717) is 11.4 Å². The zero-order chi connectivity index (χ0) is 12.1. The number of hydrogen-bond acceptors (Lipinski definition) is 3. The van der Waals surface area contributed by atoms with Crippen LogP contribution >= 0.6 is 11.3 Å². The molecule has 1 heterocycles. The Morgan fingerprint density at radius 2 is 2.06 bits per heavy atom. The summed E-state index contributed by atoms with van der Waals surface area (Å²) < 4.78 is 0. The standard InChI is InChI=1S/C13H13NO2S/c15-9-11-4-1-3-10(7-11)8-14-13(16)12-5-2-6-17-12/h1-7,15H,8-9H2,(H,14,16). The molecule has 0 aliphatic heterocycles. The zero-order valence-corrected chi connectivity index (χ0v) is 10.0. The van der Waals surface area contributed by atoms with Crippen LogP contribution in [-0.4, -0.2) is 11.0 Å². The minimum Gasteiger partial charge on any atom is -0.392 e. The van der Waals surface area contributed by atoms with Crippen LogP contribution in [0.4, 0.5) is 0 Å². The first-order valence-electron chi connectivity index (χ1n) is 5.30. The Morgan fingerprint density at radius 1 is 1.24 bits per heavy atom. The van der Waals surface area contributed by atoms with Crippen molar-refractivity contribution < 1.29 is 9.90 Å². The molecular formula is C13H13NO2S. The largest absolute Gasteiger partial charge is 0.392 e. The molecule has 0 radical (unpaired) electrons. The van der Waals surface area contributed by atoms with Gasteiger partial charge in [-0.2, -0.15) is 0 Å². The molecule has 0 saturated carbocycles. The molecule has 88 valence electrons. The Bertz CT molecular complexity index is 494. The van der Waals surface area contributed by atoms with Crippen LogP contribution in [0.25, 0.3) is 0 Å². The molecule has 2 rings (SSSR count). The Labute approximate surface area is 104 Å². The van der Waals surface area contributed by atoms with E-state index < -0.39 is 0 Å². The van der Waals surface area contributed by atoms with Gasteiger partial charge in [0.1, 0.15) is 0 Å². The molecule has 1 aromatic heterocycles. The highest BCUT2D eigenvalue weighted by atomic mass is 32.1. The second-order valence-electron chi connectivity index (χ2n) is 3.64. The third-order valence-corrected chi connectivity index (χ3v) is 3.24. The summed E-state index contributed by atoms with van der Waals surface area (Å²) in [6.07, 6.45) is 0. The Balaban J connectivity index is 1.95. The van der Waals surface area contributed by atoms with E-state index >= 15 is 0 Å². The highest BCUT2D eigenvalue weighted by Gasteiger charge is 2.05. The normalized spacial score (nSPS) is 10.2. The van der Waals surface area contributed by atoms with Crippen molar-refractivity contribution in [1.82, 2.24) is 5.32 Å². The van der Waals surface area contributed by atoms with Gasteiger partial charge in [-0.25, -0.2) is 0 Å². The zero-order valence-electron chi connectivity index (χ0n) is 9.22. The van der Waals surface area contributed by atoms with E-state index in [2.05, 4.69) is 5.32 Å². The molecule has 4 heteroatoms. The lowest BCUT2D eigenvalue weighted by atomic mass is 10.1. The Kier molecular flexibility index (Phi) is 3.90. The summed E-state index contributed by atoms with van der Waals surface area (Å²) in [7, 11) is 0.